The summed E-state index contributed by atoms with van der Waals surface area (Å²) in [5.41, 5.74) is 2.87. The van der Waals surface area contributed by atoms with Crippen LogP contribution < -0.4 is 5.32 Å². The fourth-order valence-corrected chi connectivity index (χ4v) is 3.07. The van der Waals surface area contributed by atoms with Crippen molar-refractivity contribution in [2.24, 2.45) is 9.98 Å². The first-order valence-electron chi connectivity index (χ1n) is 9.81. The number of nitrogens with zero attached hydrogens (tertiary/aromatic N) is 3. The Kier molecular flexibility index (Phi) is 6.30. The number of aliphatic imine (C=N–C) groups is 2. The maximum Gasteiger partial charge on any atom is 0.228 e. The molecule has 1 aliphatic rings. The topological polar surface area (TPSA) is 49.2 Å². The molecule has 1 saturated heterocycles. The molecular weight excluding hydrogens is 360 g/mol. The predicted octanol–water partition coefficient (Wildman–Crippen LogP) is 4.57. The van der Waals surface area contributed by atoms with Crippen molar-refractivity contribution in [2.45, 2.75) is 0 Å². The minimum Gasteiger partial charge on any atom is -0.378 e. The molecular formula is C24H24N4O. The molecule has 1 fully saturated rings. The molecule has 5 heteroatoms. The van der Waals surface area contributed by atoms with E-state index in [0.29, 0.717) is 19.2 Å². The Balaban J connectivity index is 1.75. The largest absolute Gasteiger partial charge is 0.378 e. The molecule has 0 aliphatic carbocycles. The van der Waals surface area contributed by atoms with Gasteiger partial charge in [0, 0.05) is 24.3 Å². The predicted molar refractivity (Wildman–Crippen MR) is 119 cm³/mol. The van der Waals surface area contributed by atoms with Crippen LogP contribution in [0.4, 0.5) is 11.4 Å². The lowest BCUT2D eigenvalue weighted by molar-refractivity contribution is 0.0676. The number of benzene rings is 3. The monoisotopic (exact) mass is 384 g/mol. The van der Waals surface area contributed by atoms with Crippen molar-refractivity contribution >= 4 is 23.2 Å². The second-order valence-corrected chi connectivity index (χ2v) is 6.66. The standard InChI is InChI=1S/C24H24N4O/c1-4-10-20(11-5-1)23(25-21-12-6-2-7-13-21)27-24(28-16-18-29-19-17-28)26-22-14-8-3-9-15-22/h1-15H,16-19H2,(H,25,26,27). The molecule has 5 nitrogen and oxygen atoms in total. The molecule has 1 heterocycles. The van der Waals surface area contributed by atoms with Gasteiger partial charge in [-0.05, 0) is 24.3 Å². The number of hydrogen-bond acceptors (Lipinski definition) is 2. The Hall–Kier alpha value is -3.44. The Morgan fingerprint density at radius 3 is 2.00 bits per heavy atom. The fourth-order valence-electron chi connectivity index (χ4n) is 3.07. The summed E-state index contributed by atoms with van der Waals surface area (Å²) in [5, 5.41) is 3.46. The van der Waals surface area contributed by atoms with Gasteiger partial charge in [0.2, 0.25) is 5.96 Å². The van der Waals surface area contributed by atoms with Crippen LogP contribution in [0.15, 0.2) is 101 Å². The van der Waals surface area contributed by atoms with Gasteiger partial charge in [-0.1, -0.05) is 66.7 Å². The van der Waals surface area contributed by atoms with Crippen LogP contribution in [0.2, 0.25) is 0 Å². The van der Waals surface area contributed by atoms with Crippen LogP contribution in [0.1, 0.15) is 5.56 Å². The average molecular weight is 384 g/mol. The van der Waals surface area contributed by atoms with Gasteiger partial charge in [-0.2, -0.15) is 4.99 Å². The second kappa shape index (κ2) is 9.66. The Bertz CT molecular complexity index is 950. The van der Waals surface area contributed by atoms with Gasteiger partial charge in [-0.3, -0.25) is 0 Å². The molecule has 0 amide bonds. The quantitative estimate of drug-likeness (QED) is 0.532. The molecule has 0 atom stereocenters. The van der Waals surface area contributed by atoms with Crippen LogP contribution in [-0.2, 0) is 4.74 Å². The third kappa shape index (κ3) is 5.30. The van der Waals surface area contributed by atoms with Crippen LogP contribution in [0.3, 0.4) is 0 Å². The number of guanidine groups is 1. The van der Waals surface area contributed by atoms with Crippen molar-refractivity contribution in [3.8, 4) is 0 Å². The van der Waals surface area contributed by atoms with Crippen LogP contribution in [0.5, 0.6) is 0 Å². The molecule has 0 saturated carbocycles. The van der Waals surface area contributed by atoms with Crippen LogP contribution in [-0.4, -0.2) is 43.0 Å². The van der Waals surface area contributed by atoms with Crippen LogP contribution >= 0.6 is 0 Å². The average Bonchev–Trinajstić information content (AvgIpc) is 2.81. The number of rotatable bonds is 3. The number of hydrogen-bond donors (Lipinski definition) is 1. The highest BCUT2D eigenvalue weighted by molar-refractivity contribution is 6.13. The lowest BCUT2D eigenvalue weighted by Crippen LogP contribution is -2.40. The van der Waals surface area contributed by atoms with Crippen molar-refractivity contribution in [3.05, 3.63) is 96.6 Å². The number of ether oxygens (including phenoxy) is 1. The highest BCUT2D eigenvalue weighted by atomic mass is 16.5. The van der Waals surface area contributed by atoms with Gasteiger partial charge < -0.3 is 15.0 Å². The third-order valence-electron chi connectivity index (χ3n) is 4.57. The maximum absolute atomic E-state index is 5.52. The summed E-state index contributed by atoms with van der Waals surface area (Å²) in [4.78, 5) is 12.0. The molecule has 3 aromatic rings. The molecule has 0 aromatic heterocycles. The van der Waals surface area contributed by atoms with Gasteiger partial charge in [-0.15, -0.1) is 0 Å². The third-order valence-corrected chi connectivity index (χ3v) is 4.57. The summed E-state index contributed by atoms with van der Waals surface area (Å²) in [6, 6.07) is 30.1. The van der Waals surface area contributed by atoms with Gasteiger partial charge in [0.1, 0.15) is 5.84 Å². The van der Waals surface area contributed by atoms with E-state index >= 15 is 0 Å². The summed E-state index contributed by atoms with van der Waals surface area (Å²) >= 11 is 0. The van der Waals surface area contributed by atoms with Crippen molar-refractivity contribution < 1.29 is 4.74 Å². The summed E-state index contributed by atoms with van der Waals surface area (Å²) in [6.07, 6.45) is 0. The van der Waals surface area contributed by atoms with E-state index in [2.05, 4.69) is 10.2 Å². The summed E-state index contributed by atoms with van der Waals surface area (Å²) < 4.78 is 5.52. The van der Waals surface area contributed by atoms with Gasteiger partial charge >= 0.3 is 0 Å². The van der Waals surface area contributed by atoms with E-state index in [4.69, 9.17) is 14.7 Å². The van der Waals surface area contributed by atoms with Crippen molar-refractivity contribution in [1.29, 1.82) is 0 Å². The summed E-state index contributed by atoms with van der Waals surface area (Å²) in [7, 11) is 0. The lowest BCUT2D eigenvalue weighted by Gasteiger charge is -2.28. The smallest absolute Gasteiger partial charge is 0.228 e. The number of nitrogens with one attached hydrogen (secondary N) is 1. The van der Waals surface area contributed by atoms with E-state index in [1.54, 1.807) is 0 Å². The first kappa shape index (κ1) is 18.9. The van der Waals surface area contributed by atoms with Crippen LogP contribution in [0.25, 0.3) is 0 Å². The normalized spacial score (nSPS) is 15.2. The van der Waals surface area contributed by atoms with Crippen molar-refractivity contribution in [2.75, 3.05) is 31.6 Å². The molecule has 4 rings (SSSR count). The number of anilines is 1. The second-order valence-electron chi connectivity index (χ2n) is 6.66. The molecule has 1 aliphatic heterocycles. The number of morpholine rings is 1. The fraction of sp³-hybridized carbons (Fsp3) is 0.167. The minimum atomic E-state index is 0.677. The van der Waals surface area contributed by atoms with Gasteiger partial charge in [-0.25, -0.2) is 4.99 Å². The summed E-state index contributed by atoms with van der Waals surface area (Å²) in [6.45, 7) is 2.89. The molecule has 146 valence electrons. The highest BCUT2D eigenvalue weighted by Crippen LogP contribution is 2.15. The van der Waals surface area contributed by atoms with E-state index < -0.39 is 0 Å². The molecule has 1 N–H and O–H groups in total. The Morgan fingerprint density at radius 2 is 1.34 bits per heavy atom. The molecule has 0 unspecified atom stereocenters. The zero-order valence-corrected chi connectivity index (χ0v) is 16.2. The van der Waals surface area contributed by atoms with Crippen LogP contribution in [0, 0.1) is 0 Å². The van der Waals surface area contributed by atoms with Gasteiger partial charge in [0.25, 0.3) is 0 Å². The highest BCUT2D eigenvalue weighted by Gasteiger charge is 2.17. The lowest BCUT2D eigenvalue weighted by atomic mass is 10.2. The molecule has 0 spiro atoms. The molecule has 29 heavy (non-hydrogen) atoms. The first-order chi connectivity index (χ1) is 14.4. The summed E-state index contributed by atoms with van der Waals surface area (Å²) in [5.74, 6) is 1.44. The number of para-hydroxylation sites is 2. The first-order valence-corrected chi connectivity index (χ1v) is 9.81. The maximum atomic E-state index is 5.52. The van der Waals surface area contributed by atoms with Crippen molar-refractivity contribution in [1.82, 2.24) is 4.90 Å². The molecule has 3 aromatic carbocycles. The van der Waals surface area contributed by atoms with Gasteiger partial charge in [0.05, 0.1) is 18.9 Å². The zero-order chi connectivity index (χ0) is 19.7. The number of amidine groups is 1. The van der Waals surface area contributed by atoms with Gasteiger partial charge in [0.15, 0.2) is 0 Å². The van der Waals surface area contributed by atoms with Crippen molar-refractivity contribution in [3.63, 3.8) is 0 Å². The van der Waals surface area contributed by atoms with E-state index in [-0.39, 0.29) is 0 Å². The van der Waals surface area contributed by atoms with E-state index in [1.165, 1.54) is 0 Å². The Labute approximate surface area is 171 Å². The molecule has 0 bridgehead atoms. The van der Waals surface area contributed by atoms with E-state index in [0.717, 1.165) is 35.9 Å². The van der Waals surface area contributed by atoms with E-state index in [1.807, 2.05) is 91.0 Å². The SMILES string of the molecule is c1ccc(N=C(/N=C(/Nc2ccccc2)c2ccccc2)N2CCOCC2)cc1. The Morgan fingerprint density at radius 1 is 0.759 bits per heavy atom. The molecule has 0 radical (unpaired) electrons. The zero-order valence-electron chi connectivity index (χ0n) is 16.2. The van der Waals surface area contributed by atoms with E-state index in [9.17, 15) is 0 Å². The minimum absolute atomic E-state index is 0.677.